The van der Waals surface area contributed by atoms with Crippen molar-refractivity contribution in [2.75, 3.05) is 12.3 Å². The van der Waals surface area contributed by atoms with Gasteiger partial charge >= 0.3 is 0 Å². The molecule has 3 rings (SSSR count). The lowest BCUT2D eigenvalue weighted by atomic mass is 10.1. The highest BCUT2D eigenvalue weighted by atomic mass is 15.3. The number of anilines is 1. The Balaban J connectivity index is 0.000000774. The summed E-state index contributed by atoms with van der Waals surface area (Å²) >= 11 is 0. The van der Waals surface area contributed by atoms with Gasteiger partial charge < -0.3 is 10.6 Å². The van der Waals surface area contributed by atoms with Crippen molar-refractivity contribution in [3.8, 4) is 0 Å². The number of nitrogen functional groups attached to an aromatic ring is 1. The van der Waals surface area contributed by atoms with Gasteiger partial charge in [0.05, 0.1) is 17.9 Å². The topological polar surface area (TPSA) is 79.8 Å². The highest BCUT2D eigenvalue weighted by Gasteiger charge is 2.33. The monoisotopic (exact) mass is 286 g/mol. The maximum absolute atomic E-state index is 5.91. The van der Waals surface area contributed by atoms with Gasteiger partial charge in [0.25, 0.3) is 0 Å². The Morgan fingerprint density at radius 3 is 2.76 bits per heavy atom. The molecular formula is C15H22N6. The summed E-state index contributed by atoms with van der Waals surface area (Å²) in [5.74, 6) is 1.22. The Hall–Kier alpha value is -2.24. The van der Waals surface area contributed by atoms with Crippen molar-refractivity contribution >= 4 is 17.9 Å². The lowest BCUT2D eigenvalue weighted by Gasteiger charge is -2.26. The molecule has 3 heterocycles. The molecule has 112 valence electrons. The SMILES string of the molecule is CC.CCN1C(c2nccnc2N)=NC2=CN=CCCC21. The van der Waals surface area contributed by atoms with Gasteiger partial charge in [-0.2, -0.15) is 0 Å². The third-order valence-corrected chi connectivity index (χ3v) is 3.39. The predicted octanol–water partition coefficient (Wildman–Crippen LogP) is 2.24. The second kappa shape index (κ2) is 6.97. The van der Waals surface area contributed by atoms with E-state index in [-0.39, 0.29) is 6.04 Å². The van der Waals surface area contributed by atoms with Crippen LogP contribution in [0.4, 0.5) is 5.82 Å². The third kappa shape index (κ3) is 2.94. The van der Waals surface area contributed by atoms with Crippen LogP contribution in [0.25, 0.3) is 0 Å². The van der Waals surface area contributed by atoms with E-state index in [0.717, 1.165) is 30.9 Å². The first-order chi connectivity index (χ1) is 10.3. The molecule has 0 fully saturated rings. The van der Waals surface area contributed by atoms with E-state index in [1.807, 2.05) is 26.3 Å². The molecule has 6 nitrogen and oxygen atoms in total. The molecule has 0 saturated heterocycles. The smallest absolute Gasteiger partial charge is 0.159 e. The summed E-state index contributed by atoms with van der Waals surface area (Å²) in [4.78, 5) is 19.5. The zero-order chi connectivity index (χ0) is 15.2. The molecule has 1 unspecified atom stereocenters. The average Bonchev–Trinajstić information content (AvgIpc) is 2.71. The highest BCUT2D eigenvalue weighted by molar-refractivity contribution is 6.03. The molecule has 2 N–H and O–H groups in total. The molecule has 21 heavy (non-hydrogen) atoms. The quantitative estimate of drug-likeness (QED) is 0.904. The van der Waals surface area contributed by atoms with Crippen LogP contribution in [0.1, 0.15) is 39.3 Å². The molecule has 1 atom stereocenters. The van der Waals surface area contributed by atoms with Crippen molar-refractivity contribution in [2.24, 2.45) is 9.98 Å². The maximum Gasteiger partial charge on any atom is 0.159 e. The highest BCUT2D eigenvalue weighted by Crippen LogP contribution is 2.29. The minimum Gasteiger partial charge on any atom is -0.382 e. The Kier molecular flexibility index (Phi) is 5.03. The van der Waals surface area contributed by atoms with Crippen LogP contribution in [0.5, 0.6) is 0 Å². The molecule has 1 aromatic rings. The fourth-order valence-electron chi connectivity index (χ4n) is 2.50. The van der Waals surface area contributed by atoms with Gasteiger partial charge in [-0.3, -0.25) is 4.99 Å². The van der Waals surface area contributed by atoms with E-state index in [0.29, 0.717) is 11.5 Å². The summed E-state index contributed by atoms with van der Waals surface area (Å²) in [5, 5.41) is 0. The second-order valence-corrected chi connectivity index (χ2v) is 4.49. The minimum atomic E-state index is 0.268. The standard InChI is InChI=1S/C13H16N6.C2H6/c1-2-19-10-4-3-5-15-8-9(10)18-13(19)11-12(14)17-7-6-16-11;1-2/h5-8,10H,2-4H2,1H3,(H2,14,17);1-2H3. The number of nitrogens with two attached hydrogens (primary N) is 1. The van der Waals surface area contributed by atoms with Crippen molar-refractivity contribution in [3.05, 3.63) is 30.0 Å². The maximum atomic E-state index is 5.91. The summed E-state index contributed by atoms with van der Waals surface area (Å²) in [7, 11) is 0. The largest absolute Gasteiger partial charge is 0.382 e. The van der Waals surface area contributed by atoms with Gasteiger partial charge in [0, 0.05) is 25.2 Å². The molecule has 0 spiro atoms. The van der Waals surface area contributed by atoms with Crippen molar-refractivity contribution < 1.29 is 0 Å². The average molecular weight is 286 g/mol. The molecule has 0 amide bonds. The van der Waals surface area contributed by atoms with Gasteiger partial charge in [0.1, 0.15) is 5.69 Å². The fourth-order valence-corrected chi connectivity index (χ4v) is 2.50. The molecule has 0 bridgehead atoms. The normalized spacial score (nSPS) is 20.0. The zero-order valence-electron chi connectivity index (χ0n) is 12.8. The third-order valence-electron chi connectivity index (χ3n) is 3.39. The number of likely N-dealkylation sites (N-methyl/N-ethyl adjacent to an activating group) is 1. The van der Waals surface area contributed by atoms with E-state index in [4.69, 9.17) is 5.73 Å². The molecule has 0 saturated carbocycles. The lowest BCUT2D eigenvalue weighted by molar-refractivity contribution is 0.369. The predicted molar refractivity (Wildman–Crippen MR) is 86.3 cm³/mol. The van der Waals surface area contributed by atoms with Crippen molar-refractivity contribution in [2.45, 2.75) is 39.7 Å². The Bertz CT molecular complexity index is 575. The summed E-state index contributed by atoms with van der Waals surface area (Å²) in [6.07, 6.45) is 8.97. The number of hydrogen-bond acceptors (Lipinski definition) is 6. The van der Waals surface area contributed by atoms with E-state index in [9.17, 15) is 0 Å². The van der Waals surface area contributed by atoms with Crippen LogP contribution < -0.4 is 5.73 Å². The van der Waals surface area contributed by atoms with Crippen LogP contribution >= 0.6 is 0 Å². The molecule has 2 aliphatic heterocycles. The number of rotatable bonds is 2. The molecular weight excluding hydrogens is 264 g/mol. The van der Waals surface area contributed by atoms with Gasteiger partial charge in [0.2, 0.25) is 0 Å². The van der Waals surface area contributed by atoms with Crippen LogP contribution in [0.2, 0.25) is 0 Å². The fraction of sp³-hybridized carbons (Fsp3) is 0.467. The first-order valence-corrected chi connectivity index (χ1v) is 7.45. The Morgan fingerprint density at radius 1 is 1.29 bits per heavy atom. The van der Waals surface area contributed by atoms with Crippen molar-refractivity contribution in [1.82, 2.24) is 14.9 Å². The molecule has 0 radical (unpaired) electrons. The van der Waals surface area contributed by atoms with E-state index < -0.39 is 0 Å². The van der Waals surface area contributed by atoms with Crippen LogP contribution in [0.3, 0.4) is 0 Å². The Morgan fingerprint density at radius 2 is 2.05 bits per heavy atom. The zero-order valence-corrected chi connectivity index (χ0v) is 12.8. The summed E-state index contributed by atoms with van der Waals surface area (Å²) < 4.78 is 0. The van der Waals surface area contributed by atoms with E-state index in [1.54, 1.807) is 12.4 Å². The van der Waals surface area contributed by atoms with Crippen LogP contribution in [-0.2, 0) is 0 Å². The Labute approximate surface area is 125 Å². The summed E-state index contributed by atoms with van der Waals surface area (Å²) in [6.45, 7) is 6.97. The van der Waals surface area contributed by atoms with E-state index in [2.05, 4.69) is 31.8 Å². The number of aromatic nitrogens is 2. The minimum absolute atomic E-state index is 0.268. The summed E-state index contributed by atoms with van der Waals surface area (Å²) in [5.41, 5.74) is 7.54. The lowest BCUT2D eigenvalue weighted by Crippen LogP contribution is -2.37. The van der Waals surface area contributed by atoms with Crippen LogP contribution in [-0.4, -0.2) is 39.5 Å². The molecule has 1 aromatic heterocycles. The summed E-state index contributed by atoms with van der Waals surface area (Å²) in [6, 6.07) is 0.268. The van der Waals surface area contributed by atoms with Gasteiger partial charge in [-0.15, -0.1) is 0 Å². The number of nitrogens with zero attached hydrogens (tertiary/aromatic N) is 5. The van der Waals surface area contributed by atoms with Gasteiger partial charge in [-0.05, 0) is 19.8 Å². The number of fused-ring (bicyclic) bond motifs is 1. The van der Waals surface area contributed by atoms with Crippen molar-refractivity contribution in [3.63, 3.8) is 0 Å². The van der Waals surface area contributed by atoms with Gasteiger partial charge in [0.15, 0.2) is 11.7 Å². The van der Waals surface area contributed by atoms with Crippen LogP contribution in [0, 0.1) is 0 Å². The number of hydrogen-bond donors (Lipinski definition) is 1. The molecule has 0 aromatic carbocycles. The first-order valence-electron chi connectivity index (χ1n) is 7.45. The molecule has 6 heteroatoms. The van der Waals surface area contributed by atoms with E-state index >= 15 is 0 Å². The molecule has 2 aliphatic rings. The van der Waals surface area contributed by atoms with Crippen LogP contribution in [0.15, 0.2) is 34.3 Å². The first kappa shape index (κ1) is 15.2. The number of aliphatic imine (C=N–C) groups is 2. The van der Waals surface area contributed by atoms with Gasteiger partial charge in [-0.1, -0.05) is 13.8 Å². The van der Waals surface area contributed by atoms with Crippen molar-refractivity contribution in [1.29, 1.82) is 0 Å². The second-order valence-electron chi connectivity index (χ2n) is 4.49. The number of amidine groups is 1. The van der Waals surface area contributed by atoms with E-state index in [1.165, 1.54) is 0 Å². The molecule has 0 aliphatic carbocycles. The van der Waals surface area contributed by atoms with Gasteiger partial charge in [-0.25, -0.2) is 15.0 Å².